The molecule has 0 saturated heterocycles. The SMILES string of the molecule is C[C@]12CCc3nonc3[C@@H]1CC[C@@H]1[C@@H]2CC[C@]2(C)/C(=N/Nc3ccccc3)CC[C@@H]12. The number of para-hydroxylation sites is 1. The Morgan fingerprint density at radius 3 is 2.70 bits per heavy atom. The van der Waals surface area contributed by atoms with Crippen molar-refractivity contribution in [3.8, 4) is 0 Å². The Balaban J connectivity index is 1.27. The predicted molar refractivity (Wildman–Crippen MR) is 117 cm³/mol. The van der Waals surface area contributed by atoms with Gasteiger partial charge < -0.3 is 0 Å². The Kier molecular flexibility index (Phi) is 4.13. The van der Waals surface area contributed by atoms with Crippen LogP contribution in [0.15, 0.2) is 40.1 Å². The molecule has 158 valence electrons. The van der Waals surface area contributed by atoms with Crippen LogP contribution in [0, 0.1) is 28.6 Å². The Labute approximate surface area is 178 Å². The van der Waals surface area contributed by atoms with Gasteiger partial charge in [0.15, 0.2) is 0 Å². The molecule has 1 aromatic heterocycles. The normalized spacial score (nSPS) is 40.9. The zero-order valence-corrected chi connectivity index (χ0v) is 18.1. The Hall–Kier alpha value is -2.17. The van der Waals surface area contributed by atoms with E-state index in [2.05, 4.69) is 53.9 Å². The molecule has 4 aliphatic carbocycles. The number of fused-ring (bicyclic) bond motifs is 7. The van der Waals surface area contributed by atoms with Crippen molar-refractivity contribution in [2.24, 2.45) is 33.7 Å². The average molecular weight is 405 g/mol. The third-order valence-corrected chi connectivity index (χ3v) is 9.52. The first-order valence-electron chi connectivity index (χ1n) is 11.8. The molecule has 1 N–H and O–H groups in total. The van der Waals surface area contributed by atoms with Gasteiger partial charge in [-0.15, -0.1) is 0 Å². The molecule has 2 aromatic rings. The van der Waals surface area contributed by atoms with Crippen LogP contribution in [0.4, 0.5) is 5.69 Å². The Morgan fingerprint density at radius 1 is 0.967 bits per heavy atom. The summed E-state index contributed by atoms with van der Waals surface area (Å²) in [6.45, 7) is 5.05. The number of hydrogen-bond acceptors (Lipinski definition) is 5. The van der Waals surface area contributed by atoms with E-state index in [-0.39, 0.29) is 5.41 Å². The van der Waals surface area contributed by atoms with E-state index < -0.39 is 0 Å². The van der Waals surface area contributed by atoms with E-state index in [0.29, 0.717) is 11.3 Å². The zero-order valence-electron chi connectivity index (χ0n) is 18.1. The highest BCUT2D eigenvalue weighted by Gasteiger charge is 2.60. The lowest BCUT2D eigenvalue weighted by Crippen LogP contribution is -2.52. The minimum absolute atomic E-state index is 0.251. The molecule has 0 bridgehead atoms. The lowest BCUT2D eigenvalue weighted by atomic mass is 9.45. The molecule has 5 heteroatoms. The fourth-order valence-corrected chi connectivity index (χ4v) is 7.92. The number of nitrogens with zero attached hydrogens (tertiary/aromatic N) is 3. The largest absolute Gasteiger partial charge is 0.279 e. The van der Waals surface area contributed by atoms with Gasteiger partial charge in [-0.25, -0.2) is 4.63 Å². The van der Waals surface area contributed by atoms with Gasteiger partial charge in [0.1, 0.15) is 11.4 Å². The van der Waals surface area contributed by atoms with Crippen LogP contribution < -0.4 is 5.43 Å². The third kappa shape index (κ3) is 2.56. The highest BCUT2D eigenvalue weighted by atomic mass is 16.6. The number of nitrogens with one attached hydrogen (secondary N) is 1. The van der Waals surface area contributed by atoms with E-state index in [0.717, 1.165) is 42.0 Å². The van der Waals surface area contributed by atoms with Crippen LogP contribution in [-0.2, 0) is 6.42 Å². The van der Waals surface area contributed by atoms with Gasteiger partial charge in [-0.1, -0.05) is 42.4 Å². The van der Waals surface area contributed by atoms with Gasteiger partial charge in [-0.3, -0.25) is 5.43 Å². The standard InChI is InChI=1S/C25H32N4O/c1-24-15-13-21-23(29-30-28-21)20(24)9-8-17-18-10-11-22(25(18,2)14-12-19(17)24)27-26-16-6-4-3-5-7-16/h3-7,17-20,26H,8-15H2,1-2H3/b27-22+/t17-,18-,19-,20-,24+,25-/m0/s1. The van der Waals surface area contributed by atoms with Gasteiger partial charge >= 0.3 is 0 Å². The Morgan fingerprint density at radius 2 is 1.83 bits per heavy atom. The maximum atomic E-state index is 5.14. The van der Waals surface area contributed by atoms with Crippen molar-refractivity contribution in [2.45, 2.75) is 71.1 Å². The van der Waals surface area contributed by atoms with E-state index >= 15 is 0 Å². The molecule has 3 saturated carbocycles. The first kappa shape index (κ1) is 18.6. The van der Waals surface area contributed by atoms with Crippen molar-refractivity contribution >= 4 is 11.4 Å². The van der Waals surface area contributed by atoms with Crippen molar-refractivity contribution in [3.05, 3.63) is 41.7 Å². The molecule has 3 fully saturated rings. The van der Waals surface area contributed by atoms with Gasteiger partial charge in [-0.05, 0) is 86.7 Å². The van der Waals surface area contributed by atoms with Crippen LogP contribution in [0.25, 0.3) is 0 Å². The first-order chi connectivity index (χ1) is 14.6. The molecule has 30 heavy (non-hydrogen) atoms. The summed E-state index contributed by atoms with van der Waals surface area (Å²) in [5.41, 5.74) is 8.72. The van der Waals surface area contributed by atoms with Gasteiger partial charge in [0.05, 0.1) is 5.69 Å². The molecule has 0 amide bonds. The minimum atomic E-state index is 0.251. The lowest BCUT2D eigenvalue weighted by Gasteiger charge is -2.59. The van der Waals surface area contributed by atoms with Crippen molar-refractivity contribution < 1.29 is 4.63 Å². The summed E-state index contributed by atoms with van der Waals surface area (Å²) in [5.74, 6) is 2.91. The fourth-order valence-electron chi connectivity index (χ4n) is 7.92. The maximum Gasteiger partial charge on any atom is 0.111 e. The quantitative estimate of drug-likeness (QED) is 0.642. The summed E-state index contributed by atoms with van der Waals surface area (Å²) in [7, 11) is 0. The van der Waals surface area contributed by atoms with Crippen molar-refractivity contribution in [1.29, 1.82) is 0 Å². The smallest absolute Gasteiger partial charge is 0.111 e. The average Bonchev–Trinajstić information content (AvgIpc) is 3.36. The van der Waals surface area contributed by atoms with Crippen LogP contribution in [0.5, 0.6) is 0 Å². The number of aromatic nitrogens is 2. The van der Waals surface area contributed by atoms with Crippen molar-refractivity contribution in [2.75, 3.05) is 5.43 Å². The molecular formula is C25H32N4O. The van der Waals surface area contributed by atoms with Crippen LogP contribution in [0.1, 0.15) is 76.1 Å². The minimum Gasteiger partial charge on any atom is -0.279 e. The van der Waals surface area contributed by atoms with Crippen molar-refractivity contribution in [3.63, 3.8) is 0 Å². The van der Waals surface area contributed by atoms with E-state index in [4.69, 9.17) is 9.73 Å². The molecule has 1 heterocycles. The number of rotatable bonds is 2. The van der Waals surface area contributed by atoms with Crippen LogP contribution in [0.2, 0.25) is 0 Å². The zero-order chi connectivity index (χ0) is 20.3. The first-order valence-corrected chi connectivity index (χ1v) is 11.8. The lowest BCUT2D eigenvalue weighted by molar-refractivity contribution is -0.0627. The molecule has 5 nitrogen and oxygen atoms in total. The van der Waals surface area contributed by atoms with Crippen LogP contribution in [0.3, 0.4) is 0 Å². The summed E-state index contributed by atoms with van der Waals surface area (Å²) in [6.07, 6.45) is 9.84. The summed E-state index contributed by atoms with van der Waals surface area (Å²) in [6, 6.07) is 10.4. The van der Waals surface area contributed by atoms with Gasteiger partial charge in [0.2, 0.25) is 0 Å². The summed E-state index contributed by atoms with van der Waals surface area (Å²) >= 11 is 0. The second-order valence-corrected chi connectivity index (χ2v) is 10.6. The summed E-state index contributed by atoms with van der Waals surface area (Å²) in [4.78, 5) is 0. The summed E-state index contributed by atoms with van der Waals surface area (Å²) < 4.78 is 5.14. The fraction of sp³-hybridized carbons (Fsp3) is 0.640. The monoisotopic (exact) mass is 404 g/mol. The van der Waals surface area contributed by atoms with Crippen molar-refractivity contribution in [1.82, 2.24) is 10.3 Å². The number of anilines is 1. The van der Waals surface area contributed by atoms with Gasteiger partial charge in [-0.2, -0.15) is 5.10 Å². The topological polar surface area (TPSA) is 63.3 Å². The molecule has 6 rings (SSSR count). The molecule has 0 aliphatic heterocycles. The number of benzene rings is 1. The van der Waals surface area contributed by atoms with E-state index in [1.54, 1.807) is 0 Å². The highest BCUT2D eigenvalue weighted by molar-refractivity contribution is 5.93. The molecular weight excluding hydrogens is 372 g/mol. The number of aryl methyl sites for hydroxylation is 1. The maximum absolute atomic E-state index is 5.14. The van der Waals surface area contributed by atoms with Crippen LogP contribution in [-0.4, -0.2) is 16.0 Å². The third-order valence-electron chi connectivity index (χ3n) is 9.52. The van der Waals surface area contributed by atoms with Crippen LogP contribution >= 0.6 is 0 Å². The number of hydrogen-bond donors (Lipinski definition) is 1. The molecule has 1 aromatic carbocycles. The second-order valence-electron chi connectivity index (χ2n) is 10.6. The van der Waals surface area contributed by atoms with E-state index in [1.807, 2.05) is 6.07 Å². The summed E-state index contributed by atoms with van der Waals surface area (Å²) in [5, 5.41) is 13.5. The molecule has 4 aliphatic rings. The molecule has 6 atom stereocenters. The molecule has 0 spiro atoms. The van der Waals surface area contributed by atoms with Gasteiger partial charge in [0, 0.05) is 17.0 Å². The highest BCUT2D eigenvalue weighted by Crippen LogP contribution is 2.66. The van der Waals surface area contributed by atoms with E-state index in [1.165, 1.54) is 49.9 Å². The second kappa shape index (κ2) is 6.66. The Bertz CT molecular complexity index is 969. The van der Waals surface area contributed by atoms with E-state index in [9.17, 15) is 0 Å². The van der Waals surface area contributed by atoms with Gasteiger partial charge in [0.25, 0.3) is 0 Å². The molecule has 0 unspecified atom stereocenters. The number of hydrazone groups is 1. The molecule has 0 radical (unpaired) electrons. The predicted octanol–water partition coefficient (Wildman–Crippen LogP) is 5.81.